The second kappa shape index (κ2) is 3.86. The summed E-state index contributed by atoms with van der Waals surface area (Å²) in [5.41, 5.74) is 0. The number of esters is 1. The molecule has 0 spiro atoms. The number of ether oxygens (including phenoxy) is 3. The molecule has 2 heterocycles. The third-order valence-corrected chi connectivity index (χ3v) is 2.59. The quantitative estimate of drug-likeness (QED) is 0.508. The molecule has 4 nitrogen and oxygen atoms in total. The Balaban J connectivity index is 1.90. The minimum atomic E-state index is -0.312. The molecule has 2 aliphatic rings. The van der Waals surface area contributed by atoms with Crippen molar-refractivity contribution in [1.29, 1.82) is 0 Å². The molecule has 13 heavy (non-hydrogen) atoms. The Labute approximate surface area is 81.9 Å². The number of hydrogen-bond donors (Lipinski definition) is 1. The van der Waals surface area contributed by atoms with E-state index in [-0.39, 0.29) is 30.0 Å². The largest absolute Gasteiger partial charge is 0.456 e. The predicted octanol–water partition coefficient (Wildman–Crippen LogP) is 0.0157. The predicted molar refractivity (Wildman–Crippen MR) is 47.8 cm³/mol. The lowest BCUT2D eigenvalue weighted by Gasteiger charge is -2.15. The van der Waals surface area contributed by atoms with Gasteiger partial charge in [0.05, 0.1) is 18.5 Å². The molecular formula is C8H12O4S. The van der Waals surface area contributed by atoms with Crippen LogP contribution in [-0.2, 0) is 19.0 Å². The number of carbonyl (C=O) groups excluding carboxylic acids is 1. The van der Waals surface area contributed by atoms with E-state index in [1.165, 1.54) is 0 Å². The molecule has 0 aromatic carbocycles. The normalized spacial score (nSPS) is 37.5. The molecule has 0 bridgehead atoms. The molecule has 2 fully saturated rings. The zero-order valence-corrected chi connectivity index (χ0v) is 8.04. The van der Waals surface area contributed by atoms with E-state index in [1.807, 2.05) is 0 Å². The Morgan fingerprint density at radius 2 is 2.38 bits per heavy atom. The van der Waals surface area contributed by atoms with Gasteiger partial charge in [0.1, 0.15) is 6.10 Å². The van der Waals surface area contributed by atoms with E-state index in [1.54, 1.807) is 0 Å². The lowest BCUT2D eigenvalue weighted by Crippen LogP contribution is -2.32. The topological polar surface area (TPSA) is 44.8 Å². The van der Waals surface area contributed by atoms with Crippen LogP contribution in [0.1, 0.15) is 6.42 Å². The van der Waals surface area contributed by atoms with Crippen LogP contribution >= 0.6 is 12.6 Å². The van der Waals surface area contributed by atoms with Crippen molar-refractivity contribution in [1.82, 2.24) is 0 Å². The molecule has 2 saturated heterocycles. The van der Waals surface area contributed by atoms with Crippen LogP contribution in [0.15, 0.2) is 0 Å². The summed E-state index contributed by atoms with van der Waals surface area (Å²) >= 11 is 3.83. The molecule has 2 aliphatic heterocycles. The molecule has 74 valence electrons. The van der Waals surface area contributed by atoms with Gasteiger partial charge in [0.25, 0.3) is 0 Å². The molecule has 0 radical (unpaired) electrons. The van der Waals surface area contributed by atoms with Crippen molar-refractivity contribution in [3.8, 4) is 0 Å². The van der Waals surface area contributed by atoms with Crippen LogP contribution in [0, 0.1) is 0 Å². The van der Waals surface area contributed by atoms with E-state index >= 15 is 0 Å². The van der Waals surface area contributed by atoms with Crippen molar-refractivity contribution in [2.24, 2.45) is 0 Å². The monoisotopic (exact) mass is 204 g/mol. The molecule has 5 heteroatoms. The minimum Gasteiger partial charge on any atom is -0.456 e. The van der Waals surface area contributed by atoms with Crippen LogP contribution in [0.5, 0.6) is 0 Å². The molecule has 0 amide bonds. The van der Waals surface area contributed by atoms with Crippen molar-refractivity contribution in [2.75, 3.05) is 19.0 Å². The van der Waals surface area contributed by atoms with E-state index in [4.69, 9.17) is 14.2 Å². The Hall–Kier alpha value is -0.260. The minimum absolute atomic E-state index is 0.0520. The van der Waals surface area contributed by atoms with Gasteiger partial charge in [-0.3, -0.25) is 4.79 Å². The lowest BCUT2D eigenvalue weighted by molar-refractivity contribution is -0.150. The van der Waals surface area contributed by atoms with Crippen molar-refractivity contribution >= 4 is 18.6 Å². The first kappa shape index (κ1) is 9.30. The molecule has 0 aliphatic carbocycles. The molecule has 0 saturated carbocycles. The van der Waals surface area contributed by atoms with E-state index in [0.717, 1.165) is 6.42 Å². The highest BCUT2D eigenvalue weighted by Crippen LogP contribution is 2.28. The fraction of sp³-hybridized carbons (Fsp3) is 0.875. The van der Waals surface area contributed by atoms with E-state index in [2.05, 4.69) is 12.6 Å². The first-order valence-corrected chi connectivity index (χ1v) is 4.98. The van der Waals surface area contributed by atoms with E-state index in [9.17, 15) is 4.79 Å². The second-order valence-corrected chi connectivity index (χ2v) is 3.50. The van der Waals surface area contributed by atoms with Crippen LogP contribution in [-0.4, -0.2) is 43.2 Å². The first-order valence-electron chi connectivity index (χ1n) is 4.35. The Morgan fingerprint density at radius 3 is 3.15 bits per heavy atom. The lowest BCUT2D eigenvalue weighted by atomic mass is 10.1. The van der Waals surface area contributed by atoms with Gasteiger partial charge in [-0.2, -0.15) is 12.6 Å². The zero-order valence-electron chi connectivity index (χ0n) is 7.14. The van der Waals surface area contributed by atoms with Crippen LogP contribution in [0.25, 0.3) is 0 Å². The van der Waals surface area contributed by atoms with Gasteiger partial charge in [-0.15, -0.1) is 0 Å². The van der Waals surface area contributed by atoms with Crippen LogP contribution in [0.3, 0.4) is 0 Å². The molecular weight excluding hydrogens is 192 g/mol. The second-order valence-electron chi connectivity index (χ2n) is 3.18. The number of thiol groups is 1. The van der Waals surface area contributed by atoms with Crippen molar-refractivity contribution in [3.05, 3.63) is 0 Å². The standard InChI is InChI=1S/C8H12O4S/c9-7(4-13)12-6-3-11-5-1-2-10-8(5)6/h5-6,8,13H,1-4H2/t5-,6?,8+/m1/s1. The van der Waals surface area contributed by atoms with Gasteiger partial charge in [0, 0.05) is 6.61 Å². The summed E-state index contributed by atoms with van der Waals surface area (Å²) in [7, 11) is 0. The van der Waals surface area contributed by atoms with E-state index < -0.39 is 0 Å². The SMILES string of the molecule is O=C(CS)OC1CO[C@@H]2CCO[C@H]12. The maximum Gasteiger partial charge on any atom is 0.316 e. The maximum atomic E-state index is 10.9. The number of hydrogen-bond acceptors (Lipinski definition) is 5. The molecule has 2 rings (SSSR count). The van der Waals surface area contributed by atoms with E-state index in [0.29, 0.717) is 13.2 Å². The van der Waals surface area contributed by atoms with Gasteiger partial charge in [0.15, 0.2) is 6.10 Å². The molecule has 3 atom stereocenters. The summed E-state index contributed by atoms with van der Waals surface area (Å²) in [5.74, 6) is -0.207. The molecule has 0 aromatic heterocycles. The summed E-state index contributed by atoms with van der Waals surface area (Å²) in [6.45, 7) is 1.15. The smallest absolute Gasteiger partial charge is 0.316 e. The number of rotatable bonds is 2. The molecule has 0 N–H and O–H groups in total. The van der Waals surface area contributed by atoms with Gasteiger partial charge >= 0.3 is 5.97 Å². The van der Waals surface area contributed by atoms with Gasteiger partial charge in [-0.1, -0.05) is 0 Å². The average Bonchev–Trinajstić information content (AvgIpc) is 2.69. The van der Waals surface area contributed by atoms with Crippen LogP contribution in [0.2, 0.25) is 0 Å². The summed E-state index contributed by atoms with van der Waals surface area (Å²) in [5, 5.41) is 0. The highest BCUT2D eigenvalue weighted by Gasteiger charge is 2.43. The third kappa shape index (κ3) is 1.82. The molecule has 1 unspecified atom stereocenters. The van der Waals surface area contributed by atoms with Crippen molar-refractivity contribution in [3.63, 3.8) is 0 Å². The van der Waals surface area contributed by atoms with Crippen LogP contribution in [0.4, 0.5) is 0 Å². The first-order chi connectivity index (χ1) is 6.31. The van der Waals surface area contributed by atoms with Gasteiger partial charge < -0.3 is 14.2 Å². The summed E-state index contributed by atoms with van der Waals surface area (Å²) in [6.07, 6.45) is 0.744. The average molecular weight is 204 g/mol. The fourth-order valence-electron chi connectivity index (χ4n) is 1.74. The number of fused-ring (bicyclic) bond motifs is 1. The zero-order chi connectivity index (χ0) is 9.26. The summed E-state index contributed by atoms with van der Waals surface area (Å²) in [4.78, 5) is 10.9. The van der Waals surface area contributed by atoms with Crippen molar-refractivity contribution in [2.45, 2.75) is 24.7 Å². The number of carbonyl (C=O) groups is 1. The summed E-state index contributed by atoms with van der Waals surface area (Å²) in [6, 6.07) is 0. The summed E-state index contributed by atoms with van der Waals surface area (Å²) < 4.78 is 15.9. The Kier molecular flexibility index (Phi) is 2.76. The third-order valence-electron chi connectivity index (χ3n) is 2.33. The Bertz CT molecular complexity index is 208. The molecule has 0 aromatic rings. The maximum absolute atomic E-state index is 10.9. The van der Waals surface area contributed by atoms with Gasteiger partial charge in [0.2, 0.25) is 0 Å². The van der Waals surface area contributed by atoms with Crippen molar-refractivity contribution < 1.29 is 19.0 Å². The highest BCUT2D eigenvalue weighted by atomic mass is 32.1. The van der Waals surface area contributed by atoms with Gasteiger partial charge in [-0.05, 0) is 6.42 Å². The Morgan fingerprint density at radius 1 is 1.54 bits per heavy atom. The fourth-order valence-corrected chi connectivity index (χ4v) is 1.81. The van der Waals surface area contributed by atoms with Crippen LogP contribution < -0.4 is 0 Å². The highest BCUT2D eigenvalue weighted by molar-refractivity contribution is 7.81. The van der Waals surface area contributed by atoms with Gasteiger partial charge in [-0.25, -0.2) is 0 Å².